The number of hydrogen-bond donors (Lipinski definition) is 1. The lowest BCUT2D eigenvalue weighted by molar-refractivity contribution is 0.472. The molecule has 0 aliphatic heterocycles. The molecule has 2 aromatic carbocycles. The van der Waals surface area contributed by atoms with Gasteiger partial charge in [-0.05, 0) is 36.8 Å². The van der Waals surface area contributed by atoms with Gasteiger partial charge < -0.3 is 5.11 Å². The molecule has 0 atom stereocenters. The zero-order valence-corrected chi connectivity index (χ0v) is 10.8. The van der Waals surface area contributed by atoms with Gasteiger partial charge in [-0.15, -0.1) is 5.11 Å². The fourth-order valence-corrected chi connectivity index (χ4v) is 1.96. The first-order valence-corrected chi connectivity index (χ1v) is 5.92. The highest BCUT2D eigenvalue weighted by Gasteiger charge is 2.05. The van der Waals surface area contributed by atoms with Crippen LogP contribution < -0.4 is 0 Å². The second kappa shape index (κ2) is 5.10. The van der Waals surface area contributed by atoms with E-state index in [1.165, 1.54) is 0 Å². The molecule has 1 N–H and O–H groups in total. The summed E-state index contributed by atoms with van der Waals surface area (Å²) in [7, 11) is 0. The first-order chi connectivity index (χ1) is 8.16. The second-order valence-electron chi connectivity index (χ2n) is 3.63. The van der Waals surface area contributed by atoms with Gasteiger partial charge in [-0.3, -0.25) is 0 Å². The molecule has 17 heavy (non-hydrogen) atoms. The maximum absolute atomic E-state index is 9.83. The monoisotopic (exact) mass is 290 g/mol. The highest BCUT2D eigenvalue weighted by atomic mass is 79.9. The predicted octanol–water partition coefficient (Wildman–Crippen LogP) is 4.88. The Morgan fingerprint density at radius 3 is 2.47 bits per heavy atom. The minimum atomic E-state index is 0.160. The third-order valence-electron chi connectivity index (χ3n) is 2.27. The molecule has 0 aliphatic rings. The molecule has 0 unspecified atom stereocenters. The first-order valence-electron chi connectivity index (χ1n) is 5.13. The molecule has 86 valence electrons. The van der Waals surface area contributed by atoms with Gasteiger partial charge in [0.1, 0.15) is 11.4 Å². The zero-order valence-electron chi connectivity index (χ0n) is 9.26. The smallest absolute Gasteiger partial charge is 0.146 e. The Kier molecular flexibility index (Phi) is 3.54. The van der Waals surface area contributed by atoms with Gasteiger partial charge in [0.25, 0.3) is 0 Å². The molecular weight excluding hydrogens is 280 g/mol. The minimum Gasteiger partial charge on any atom is -0.505 e. The van der Waals surface area contributed by atoms with Crippen molar-refractivity contribution in [2.75, 3.05) is 0 Å². The highest BCUT2D eigenvalue weighted by molar-refractivity contribution is 9.10. The average Bonchev–Trinajstić information content (AvgIpc) is 2.33. The van der Waals surface area contributed by atoms with E-state index >= 15 is 0 Å². The number of rotatable bonds is 2. The Labute approximate surface area is 108 Å². The van der Waals surface area contributed by atoms with Crippen LogP contribution in [0.25, 0.3) is 0 Å². The van der Waals surface area contributed by atoms with E-state index in [-0.39, 0.29) is 5.75 Å². The summed E-state index contributed by atoms with van der Waals surface area (Å²) in [6, 6.07) is 13.0. The number of azo groups is 1. The number of phenols is 1. The summed E-state index contributed by atoms with van der Waals surface area (Å²) in [6.07, 6.45) is 0. The molecule has 2 aromatic rings. The van der Waals surface area contributed by atoms with Gasteiger partial charge in [-0.1, -0.05) is 34.1 Å². The SMILES string of the molecule is Cc1cc(Br)cc(N=Nc2ccccc2)c1O. The van der Waals surface area contributed by atoms with Crippen molar-refractivity contribution in [1.29, 1.82) is 0 Å². The van der Waals surface area contributed by atoms with E-state index in [2.05, 4.69) is 26.2 Å². The highest BCUT2D eigenvalue weighted by Crippen LogP contribution is 2.34. The van der Waals surface area contributed by atoms with E-state index in [9.17, 15) is 5.11 Å². The number of halogens is 1. The van der Waals surface area contributed by atoms with Crippen LogP contribution in [0.3, 0.4) is 0 Å². The molecule has 0 saturated heterocycles. The second-order valence-corrected chi connectivity index (χ2v) is 4.54. The van der Waals surface area contributed by atoms with Crippen molar-refractivity contribution in [3.05, 3.63) is 52.5 Å². The third-order valence-corrected chi connectivity index (χ3v) is 2.73. The lowest BCUT2D eigenvalue weighted by atomic mass is 10.2. The summed E-state index contributed by atoms with van der Waals surface area (Å²) >= 11 is 3.36. The molecule has 0 amide bonds. The third kappa shape index (κ3) is 2.91. The van der Waals surface area contributed by atoms with Crippen LogP contribution in [0.2, 0.25) is 0 Å². The molecule has 2 rings (SSSR count). The fourth-order valence-electron chi connectivity index (χ4n) is 1.40. The standard InChI is InChI=1S/C13H11BrN2O/c1-9-7-10(14)8-12(13(9)17)16-15-11-5-3-2-4-6-11/h2-8,17H,1H3. The summed E-state index contributed by atoms with van der Waals surface area (Å²) in [6.45, 7) is 1.82. The number of phenolic OH excluding ortho intramolecular Hbond substituents is 1. The topological polar surface area (TPSA) is 45.0 Å². The van der Waals surface area contributed by atoms with Gasteiger partial charge in [0.05, 0.1) is 5.69 Å². The average molecular weight is 291 g/mol. The van der Waals surface area contributed by atoms with Gasteiger partial charge in [0.15, 0.2) is 0 Å². The Bertz CT molecular complexity index is 553. The van der Waals surface area contributed by atoms with Crippen molar-refractivity contribution in [1.82, 2.24) is 0 Å². The molecule has 0 fully saturated rings. The van der Waals surface area contributed by atoms with E-state index in [1.807, 2.05) is 43.3 Å². The van der Waals surface area contributed by atoms with Crippen molar-refractivity contribution in [3.63, 3.8) is 0 Å². The van der Waals surface area contributed by atoms with Crippen molar-refractivity contribution in [2.24, 2.45) is 10.2 Å². The number of aryl methyl sites for hydroxylation is 1. The lowest BCUT2D eigenvalue weighted by Gasteiger charge is -2.02. The van der Waals surface area contributed by atoms with Crippen LogP contribution in [-0.2, 0) is 0 Å². The van der Waals surface area contributed by atoms with Crippen LogP contribution in [0, 0.1) is 6.92 Å². The normalized spacial score (nSPS) is 10.9. The van der Waals surface area contributed by atoms with Crippen molar-refractivity contribution in [2.45, 2.75) is 6.92 Å². The molecule has 4 heteroatoms. The van der Waals surface area contributed by atoms with Crippen LogP contribution >= 0.6 is 15.9 Å². The zero-order chi connectivity index (χ0) is 12.3. The van der Waals surface area contributed by atoms with Gasteiger partial charge >= 0.3 is 0 Å². The molecular formula is C13H11BrN2O. The van der Waals surface area contributed by atoms with Crippen LogP contribution in [0.1, 0.15) is 5.56 Å². The van der Waals surface area contributed by atoms with Crippen LogP contribution in [0.4, 0.5) is 11.4 Å². The van der Waals surface area contributed by atoms with Gasteiger partial charge in [0.2, 0.25) is 0 Å². The minimum absolute atomic E-state index is 0.160. The summed E-state index contributed by atoms with van der Waals surface area (Å²) in [5, 5.41) is 17.9. The van der Waals surface area contributed by atoms with Gasteiger partial charge in [0, 0.05) is 4.47 Å². The Hall–Kier alpha value is -1.68. The first kappa shape index (κ1) is 11.8. The maximum atomic E-state index is 9.83. The molecule has 0 heterocycles. The lowest BCUT2D eigenvalue weighted by Crippen LogP contribution is -1.76. The number of aromatic hydroxyl groups is 1. The van der Waals surface area contributed by atoms with E-state index in [0.717, 1.165) is 15.7 Å². The van der Waals surface area contributed by atoms with Crippen LogP contribution in [0.15, 0.2) is 57.2 Å². The van der Waals surface area contributed by atoms with Gasteiger partial charge in [-0.2, -0.15) is 5.11 Å². The fraction of sp³-hybridized carbons (Fsp3) is 0.0769. The quantitative estimate of drug-likeness (QED) is 0.787. The summed E-state index contributed by atoms with van der Waals surface area (Å²) < 4.78 is 0.870. The summed E-state index contributed by atoms with van der Waals surface area (Å²) in [4.78, 5) is 0. The summed E-state index contributed by atoms with van der Waals surface area (Å²) in [5.74, 6) is 0.160. The Morgan fingerprint density at radius 2 is 1.76 bits per heavy atom. The number of hydrogen-bond acceptors (Lipinski definition) is 3. The van der Waals surface area contributed by atoms with E-state index in [0.29, 0.717) is 5.69 Å². The van der Waals surface area contributed by atoms with Crippen LogP contribution in [-0.4, -0.2) is 5.11 Å². The van der Waals surface area contributed by atoms with Crippen LogP contribution in [0.5, 0.6) is 5.75 Å². The largest absolute Gasteiger partial charge is 0.505 e. The van der Waals surface area contributed by atoms with Crippen molar-refractivity contribution in [3.8, 4) is 5.75 Å². The molecule has 0 radical (unpaired) electrons. The molecule has 3 nitrogen and oxygen atoms in total. The summed E-state index contributed by atoms with van der Waals surface area (Å²) in [5.41, 5.74) is 1.98. The maximum Gasteiger partial charge on any atom is 0.146 e. The number of benzene rings is 2. The molecule has 0 spiro atoms. The van der Waals surface area contributed by atoms with Crippen molar-refractivity contribution >= 4 is 27.3 Å². The molecule has 0 aromatic heterocycles. The Balaban J connectivity index is 2.33. The molecule has 0 aliphatic carbocycles. The predicted molar refractivity (Wildman–Crippen MR) is 71.2 cm³/mol. The van der Waals surface area contributed by atoms with E-state index in [1.54, 1.807) is 6.07 Å². The molecule has 0 saturated carbocycles. The van der Waals surface area contributed by atoms with E-state index < -0.39 is 0 Å². The number of nitrogens with zero attached hydrogens (tertiary/aromatic N) is 2. The van der Waals surface area contributed by atoms with Crippen molar-refractivity contribution < 1.29 is 5.11 Å². The molecule has 0 bridgehead atoms. The Morgan fingerprint density at radius 1 is 1.06 bits per heavy atom. The van der Waals surface area contributed by atoms with Gasteiger partial charge in [-0.25, -0.2) is 0 Å². The van der Waals surface area contributed by atoms with E-state index in [4.69, 9.17) is 0 Å².